The fourth-order valence-corrected chi connectivity index (χ4v) is 3.44. The Morgan fingerprint density at radius 2 is 2.07 bits per heavy atom. The number of nitrogens with one attached hydrogen (secondary N) is 1. The molecule has 6 heteroatoms. The third-order valence-electron chi connectivity index (χ3n) is 3.96. The molecule has 0 fully saturated rings. The number of hydrogen-bond acceptors (Lipinski definition) is 5. The summed E-state index contributed by atoms with van der Waals surface area (Å²) in [6, 6.07) is 15.6. The molecule has 0 saturated heterocycles. The van der Waals surface area contributed by atoms with Gasteiger partial charge in [0.2, 0.25) is 0 Å². The first kappa shape index (κ1) is 19.0. The number of aromatic nitrogens is 1. The summed E-state index contributed by atoms with van der Waals surface area (Å²) < 4.78 is 5.46. The van der Waals surface area contributed by atoms with Gasteiger partial charge in [0, 0.05) is 27.9 Å². The summed E-state index contributed by atoms with van der Waals surface area (Å²) in [5.74, 6) is 0.829. The highest BCUT2D eigenvalue weighted by Gasteiger charge is 2.10. The second-order valence-electron chi connectivity index (χ2n) is 5.72. The van der Waals surface area contributed by atoms with E-state index in [0.717, 1.165) is 28.3 Å². The molecule has 136 valence electrons. The molecule has 1 N–H and O–H groups in total. The molecule has 0 atom stereocenters. The van der Waals surface area contributed by atoms with Crippen molar-refractivity contribution in [3.63, 3.8) is 0 Å². The van der Waals surface area contributed by atoms with Gasteiger partial charge in [0.05, 0.1) is 12.3 Å². The zero-order valence-electron chi connectivity index (χ0n) is 15.0. The van der Waals surface area contributed by atoms with Crippen LogP contribution in [0.4, 0.5) is 5.69 Å². The summed E-state index contributed by atoms with van der Waals surface area (Å²) in [7, 11) is 0. The Labute approximate surface area is 167 Å². The first-order valence-electron chi connectivity index (χ1n) is 8.43. The molecule has 0 aliphatic rings. The van der Waals surface area contributed by atoms with E-state index in [0.29, 0.717) is 22.2 Å². The van der Waals surface area contributed by atoms with Gasteiger partial charge in [-0.2, -0.15) is 5.26 Å². The van der Waals surface area contributed by atoms with Crippen molar-refractivity contribution in [3.05, 3.63) is 69.6 Å². The molecule has 0 aliphatic heterocycles. The van der Waals surface area contributed by atoms with Gasteiger partial charge >= 0.3 is 0 Å². The van der Waals surface area contributed by atoms with E-state index in [1.54, 1.807) is 6.20 Å². The number of halogens is 1. The van der Waals surface area contributed by atoms with Crippen LogP contribution in [0.5, 0.6) is 5.75 Å². The van der Waals surface area contributed by atoms with Crippen LogP contribution in [0.1, 0.15) is 17.5 Å². The topological polar surface area (TPSA) is 57.9 Å². The fraction of sp³-hybridized carbons (Fsp3) is 0.143. The lowest BCUT2D eigenvalue weighted by Gasteiger charge is -2.07. The molecule has 0 bridgehead atoms. The smallest absolute Gasteiger partial charge is 0.136 e. The lowest BCUT2D eigenvalue weighted by molar-refractivity contribution is 0.340. The van der Waals surface area contributed by atoms with Gasteiger partial charge in [-0.1, -0.05) is 17.7 Å². The summed E-state index contributed by atoms with van der Waals surface area (Å²) in [5.41, 5.74) is 4.08. The Morgan fingerprint density at radius 1 is 1.30 bits per heavy atom. The van der Waals surface area contributed by atoms with Gasteiger partial charge in [0.25, 0.3) is 0 Å². The molecule has 0 amide bonds. The zero-order chi connectivity index (χ0) is 19.2. The number of ether oxygens (including phenoxy) is 1. The molecule has 3 aromatic rings. The van der Waals surface area contributed by atoms with Crippen molar-refractivity contribution in [2.24, 2.45) is 0 Å². The highest BCUT2D eigenvalue weighted by molar-refractivity contribution is 7.11. The quantitative estimate of drug-likeness (QED) is 0.508. The maximum Gasteiger partial charge on any atom is 0.136 e. The largest absolute Gasteiger partial charge is 0.494 e. The molecule has 0 saturated carbocycles. The van der Waals surface area contributed by atoms with Crippen LogP contribution in [0.25, 0.3) is 16.8 Å². The van der Waals surface area contributed by atoms with Crippen LogP contribution in [-0.2, 0) is 0 Å². The number of rotatable bonds is 6. The van der Waals surface area contributed by atoms with Gasteiger partial charge in [-0.15, -0.1) is 11.3 Å². The summed E-state index contributed by atoms with van der Waals surface area (Å²) in [6.07, 6.45) is 1.67. The van der Waals surface area contributed by atoms with Gasteiger partial charge in [0.1, 0.15) is 22.4 Å². The van der Waals surface area contributed by atoms with Crippen molar-refractivity contribution in [1.82, 2.24) is 4.98 Å². The van der Waals surface area contributed by atoms with E-state index in [2.05, 4.69) is 16.4 Å². The highest BCUT2D eigenvalue weighted by Crippen LogP contribution is 2.28. The average Bonchev–Trinajstić information content (AvgIpc) is 3.16. The predicted molar refractivity (Wildman–Crippen MR) is 112 cm³/mol. The van der Waals surface area contributed by atoms with E-state index in [1.165, 1.54) is 11.3 Å². The Morgan fingerprint density at radius 3 is 2.78 bits per heavy atom. The molecular formula is C21H18ClN3OS. The molecule has 0 radical (unpaired) electrons. The van der Waals surface area contributed by atoms with E-state index in [4.69, 9.17) is 16.3 Å². The number of nitriles is 1. The minimum Gasteiger partial charge on any atom is -0.494 e. The maximum atomic E-state index is 9.52. The SMILES string of the molecule is CCOc1ccc(-c2csc(/C(C#N)=C\Nc3cccc(Cl)c3C)n2)cc1. The van der Waals surface area contributed by atoms with Gasteiger partial charge in [-0.05, 0) is 55.8 Å². The van der Waals surface area contributed by atoms with Gasteiger partial charge in [-0.3, -0.25) is 0 Å². The van der Waals surface area contributed by atoms with Crippen LogP contribution in [-0.4, -0.2) is 11.6 Å². The van der Waals surface area contributed by atoms with Crippen LogP contribution in [0.2, 0.25) is 5.02 Å². The van der Waals surface area contributed by atoms with E-state index < -0.39 is 0 Å². The Balaban J connectivity index is 1.81. The second-order valence-corrected chi connectivity index (χ2v) is 6.99. The summed E-state index contributed by atoms with van der Waals surface area (Å²) in [5, 5.41) is 16.0. The van der Waals surface area contributed by atoms with Crippen molar-refractivity contribution < 1.29 is 4.74 Å². The number of hydrogen-bond donors (Lipinski definition) is 1. The fourth-order valence-electron chi connectivity index (χ4n) is 2.47. The minimum absolute atomic E-state index is 0.469. The molecule has 3 rings (SSSR count). The summed E-state index contributed by atoms with van der Waals surface area (Å²) in [4.78, 5) is 4.60. The summed E-state index contributed by atoms with van der Waals surface area (Å²) >= 11 is 7.57. The van der Waals surface area contributed by atoms with Gasteiger partial charge in [0.15, 0.2) is 0 Å². The first-order valence-corrected chi connectivity index (χ1v) is 9.69. The molecular weight excluding hydrogens is 378 g/mol. The van der Waals surface area contributed by atoms with Crippen LogP contribution < -0.4 is 10.1 Å². The third kappa shape index (κ3) is 4.48. The number of allylic oxidation sites excluding steroid dienone is 1. The van der Waals surface area contributed by atoms with Crippen molar-refractivity contribution in [2.75, 3.05) is 11.9 Å². The first-order chi connectivity index (χ1) is 13.1. The number of nitrogens with zero attached hydrogens (tertiary/aromatic N) is 2. The average molecular weight is 396 g/mol. The van der Waals surface area contributed by atoms with Crippen molar-refractivity contribution in [2.45, 2.75) is 13.8 Å². The predicted octanol–water partition coefficient (Wildman–Crippen LogP) is 6.15. The molecule has 1 heterocycles. The number of thiazole rings is 1. The Kier molecular flexibility index (Phi) is 6.12. The van der Waals surface area contributed by atoms with Crippen molar-refractivity contribution in [3.8, 4) is 23.1 Å². The Hall–Kier alpha value is -2.81. The normalized spacial score (nSPS) is 11.1. The van der Waals surface area contributed by atoms with E-state index in [-0.39, 0.29) is 0 Å². The minimum atomic E-state index is 0.469. The lowest BCUT2D eigenvalue weighted by atomic mass is 10.2. The molecule has 2 aromatic carbocycles. The van der Waals surface area contributed by atoms with Crippen LogP contribution in [0.3, 0.4) is 0 Å². The Bertz CT molecular complexity index is 1000. The second kappa shape index (κ2) is 8.72. The zero-order valence-corrected chi connectivity index (χ0v) is 16.6. The maximum absolute atomic E-state index is 9.52. The number of benzene rings is 2. The van der Waals surface area contributed by atoms with Crippen LogP contribution in [0.15, 0.2) is 54.0 Å². The molecule has 1 aromatic heterocycles. The van der Waals surface area contributed by atoms with Crippen LogP contribution >= 0.6 is 22.9 Å². The third-order valence-corrected chi connectivity index (χ3v) is 5.24. The van der Waals surface area contributed by atoms with E-state index in [1.807, 2.05) is 61.7 Å². The highest BCUT2D eigenvalue weighted by atomic mass is 35.5. The molecule has 4 nitrogen and oxygen atoms in total. The van der Waals surface area contributed by atoms with E-state index in [9.17, 15) is 5.26 Å². The van der Waals surface area contributed by atoms with Crippen LogP contribution in [0, 0.1) is 18.3 Å². The molecule has 0 unspecified atom stereocenters. The monoisotopic (exact) mass is 395 g/mol. The van der Waals surface area contributed by atoms with Gasteiger partial charge < -0.3 is 10.1 Å². The van der Waals surface area contributed by atoms with E-state index >= 15 is 0 Å². The molecule has 0 aliphatic carbocycles. The lowest BCUT2D eigenvalue weighted by Crippen LogP contribution is -1.94. The van der Waals surface area contributed by atoms with Crippen molar-refractivity contribution in [1.29, 1.82) is 5.26 Å². The molecule has 27 heavy (non-hydrogen) atoms. The summed E-state index contributed by atoms with van der Waals surface area (Å²) in [6.45, 7) is 4.52. The van der Waals surface area contributed by atoms with Gasteiger partial charge in [-0.25, -0.2) is 4.98 Å². The molecule has 0 spiro atoms. The number of anilines is 1. The standard InChI is InChI=1S/C21H18ClN3OS/c1-3-26-17-9-7-15(8-10-17)20-13-27-21(25-20)16(11-23)12-24-19-6-4-5-18(22)14(19)2/h4-10,12-13,24H,3H2,1-2H3/b16-12-. The van der Waals surface area contributed by atoms with Crippen molar-refractivity contribution >= 4 is 34.2 Å².